The van der Waals surface area contributed by atoms with Gasteiger partial charge in [-0.15, -0.1) is 0 Å². The molecular weight excluding hydrogens is 386 g/mol. The molecular formula is C20H22ClNO6. The van der Waals surface area contributed by atoms with Crippen LogP contribution >= 0.6 is 11.6 Å². The number of methoxy groups -OCH3 is 3. The van der Waals surface area contributed by atoms with Crippen molar-refractivity contribution in [3.63, 3.8) is 0 Å². The summed E-state index contributed by atoms with van der Waals surface area (Å²) >= 11 is 6.02. The highest BCUT2D eigenvalue weighted by Gasteiger charge is 2.16. The van der Waals surface area contributed by atoms with Gasteiger partial charge >= 0.3 is 5.97 Å². The highest BCUT2D eigenvalue weighted by atomic mass is 35.5. The standard InChI is InChI=1S/C20H22ClNO6/c1-12-5-6-14(10-15(12)21)22-18(23)11-28-19(24)9-13-7-16(25-2)20(27-4)17(8-13)26-3/h5-8,10H,9,11H2,1-4H3,(H,22,23). The first-order chi connectivity index (χ1) is 13.4. The van der Waals surface area contributed by atoms with Gasteiger partial charge in [-0.05, 0) is 42.3 Å². The number of benzene rings is 2. The minimum Gasteiger partial charge on any atom is -0.493 e. The fraction of sp³-hybridized carbons (Fsp3) is 0.300. The molecule has 0 radical (unpaired) electrons. The van der Waals surface area contributed by atoms with Gasteiger partial charge < -0.3 is 24.3 Å². The summed E-state index contributed by atoms with van der Waals surface area (Å²) in [6.07, 6.45) is -0.0552. The van der Waals surface area contributed by atoms with Gasteiger partial charge in [-0.1, -0.05) is 17.7 Å². The fourth-order valence-electron chi connectivity index (χ4n) is 2.47. The van der Waals surface area contributed by atoms with E-state index < -0.39 is 18.5 Å². The van der Waals surface area contributed by atoms with Gasteiger partial charge in [-0.3, -0.25) is 9.59 Å². The van der Waals surface area contributed by atoms with E-state index in [1.54, 1.807) is 30.3 Å². The number of carbonyl (C=O) groups excluding carboxylic acids is 2. The Morgan fingerprint density at radius 3 is 2.18 bits per heavy atom. The lowest BCUT2D eigenvalue weighted by Gasteiger charge is -2.14. The van der Waals surface area contributed by atoms with Crippen molar-refractivity contribution < 1.29 is 28.5 Å². The molecule has 7 nitrogen and oxygen atoms in total. The average molecular weight is 408 g/mol. The van der Waals surface area contributed by atoms with E-state index in [1.165, 1.54) is 21.3 Å². The predicted octanol–water partition coefficient (Wildman–Crippen LogP) is 3.40. The number of nitrogens with one attached hydrogen (secondary N) is 1. The van der Waals surface area contributed by atoms with Crippen LogP contribution in [0.2, 0.25) is 5.02 Å². The second kappa shape index (κ2) is 9.85. The normalized spacial score (nSPS) is 10.2. The number of anilines is 1. The summed E-state index contributed by atoms with van der Waals surface area (Å²) in [5.41, 5.74) is 2.03. The van der Waals surface area contributed by atoms with Crippen LogP contribution in [0.25, 0.3) is 0 Å². The maximum absolute atomic E-state index is 12.1. The molecule has 150 valence electrons. The van der Waals surface area contributed by atoms with Gasteiger partial charge in [0.15, 0.2) is 18.1 Å². The topological polar surface area (TPSA) is 83.1 Å². The van der Waals surface area contributed by atoms with Gasteiger partial charge in [0, 0.05) is 10.7 Å². The third kappa shape index (κ3) is 5.53. The largest absolute Gasteiger partial charge is 0.493 e. The number of aryl methyl sites for hydroxylation is 1. The molecule has 0 atom stereocenters. The number of hydrogen-bond donors (Lipinski definition) is 1. The van der Waals surface area contributed by atoms with Crippen LogP contribution in [-0.4, -0.2) is 39.8 Å². The van der Waals surface area contributed by atoms with Crippen LogP contribution in [0, 0.1) is 6.92 Å². The third-order valence-corrected chi connectivity index (χ3v) is 4.30. The molecule has 0 aliphatic carbocycles. The van der Waals surface area contributed by atoms with Gasteiger partial charge in [0.2, 0.25) is 5.75 Å². The summed E-state index contributed by atoms with van der Waals surface area (Å²) in [5.74, 6) is 0.264. The summed E-state index contributed by atoms with van der Waals surface area (Å²) in [6.45, 7) is 1.45. The minimum absolute atomic E-state index is 0.0552. The lowest BCUT2D eigenvalue weighted by Crippen LogP contribution is -2.21. The Bertz CT molecular complexity index is 843. The molecule has 0 aliphatic heterocycles. The Morgan fingerprint density at radius 1 is 1.00 bits per heavy atom. The summed E-state index contributed by atoms with van der Waals surface area (Å²) < 4.78 is 20.8. The smallest absolute Gasteiger partial charge is 0.310 e. The minimum atomic E-state index is -0.564. The summed E-state index contributed by atoms with van der Waals surface area (Å²) in [6, 6.07) is 8.44. The van der Waals surface area contributed by atoms with Crippen molar-refractivity contribution >= 4 is 29.2 Å². The van der Waals surface area contributed by atoms with Crippen molar-refractivity contribution in [1.29, 1.82) is 0 Å². The first-order valence-corrected chi connectivity index (χ1v) is 8.76. The fourth-order valence-corrected chi connectivity index (χ4v) is 2.65. The van der Waals surface area contributed by atoms with Crippen LogP contribution in [0.3, 0.4) is 0 Å². The van der Waals surface area contributed by atoms with Crippen molar-refractivity contribution in [3.8, 4) is 17.2 Å². The third-order valence-electron chi connectivity index (χ3n) is 3.89. The van der Waals surface area contributed by atoms with Crippen LogP contribution in [0.1, 0.15) is 11.1 Å². The van der Waals surface area contributed by atoms with Crippen molar-refractivity contribution in [2.75, 3.05) is 33.3 Å². The highest BCUT2D eigenvalue weighted by molar-refractivity contribution is 6.31. The van der Waals surface area contributed by atoms with Crippen molar-refractivity contribution in [3.05, 3.63) is 46.5 Å². The number of carbonyl (C=O) groups is 2. The molecule has 0 spiro atoms. The van der Waals surface area contributed by atoms with E-state index in [0.717, 1.165) is 5.56 Å². The molecule has 2 aromatic carbocycles. The molecule has 2 rings (SSSR count). The number of amides is 1. The first-order valence-electron chi connectivity index (χ1n) is 8.38. The van der Waals surface area contributed by atoms with Gasteiger partial charge in [-0.25, -0.2) is 0 Å². The molecule has 0 aliphatic rings. The zero-order valence-corrected chi connectivity index (χ0v) is 16.9. The molecule has 1 N–H and O–H groups in total. The van der Waals surface area contributed by atoms with Crippen LogP contribution in [0.4, 0.5) is 5.69 Å². The van der Waals surface area contributed by atoms with Gasteiger partial charge in [0.05, 0.1) is 27.8 Å². The van der Waals surface area contributed by atoms with E-state index in [9.17, 15) is 9.59 Å². The van der Waals surface area contributed by atoms with Crippen LogP contribution in [0.15, 0.2) is 30.3 Å². The number of esters is 1. The van der Waals surface area contributed by atoms with E-state index >= 15 is 0 Å². The molecule has 1 amide bonds. The van der Waals surface area contributed by atoms with Crippen molar-refractivity contribution in [2.24, 2.45) is 0 Å². The molecule has 0 aromatic heterocycles. The van der Waals surface area contributed by atoms with Crippen LogP contribution < -0.4 is 19.5 Å². The number of ether oxygens (including phenoxy) is 4. The van der Waals surface area contributed by atoms with Crippen LogP contribution in [0.5, 0.6) is 17.2 Å². The lowest BCUT2D eigenvalue weighted by atomic mass is 10.1. The molecule has 2 aromatic rings. The zero-order chi connectivity index (χ0) is 20.7. The lowest BCUT2D eigenvalue weighted by molar-refractivity contribution is -0.146. The Balaban J connectivity index is 1.94. The van der Waals surface area contributed by atoms with E-state index in [0.29, 0.717) is 33.5 Å². The van der Waals surface area contributed by atoms with E-state index in [-0.39, 0.29) is 6.42 Å². The SMILES string of the molecule is COc1cc(CC(=O)OCC(=O)Nc2ccc(C)c(Cl)c2)cc(OC)c1OC. The Hall–Kier alpha value is -2.93. The summed E-state index contributed by atoms with van der Waals surface area (Å²) in [5, 5.41) is 3.16. The molecule has 8 heteroatoms. The summed E-state index contributed by atoms with van der Waals surface area (Å²) in [7, 11) is 4.47. The van der Waals surface area contributed by atoms with Crippen molar-refractivity contribution in [1.82, 2.24) is 0 Å². The zero-order valence-electron chi connectivity index (χ0n) is 16.1. The molecule has 28 heavy (non-hydrogen) atoms. The second-order valence-electron chi connectivity index (χ2n) is 5.88. The molecule has 0 saturated carbocycles. The van der Waals surface area contributed by atoms with Crippen molar-refractivity contribution in [2.45, 2.75) is 13.3 Å². The Kier molecular flexibility index (Phi) is 7.52. The van der Waals surface area contributed by atoms with E-state index in [1.807, 2.05) is 6.92 Å². The van der Waals surface area contributed by atoms with Gasteiger partial charge in [0.1, 0.15) is 0 Å². The molecule has 0 bridgehead atoms. The van der Waals surface area contributed by atoms with E-state index in [2.05, 4.69) is 5.32 Å². The number of rotatable bonds is 8. The monoisotopic (exact) mass is 407 g/mol. The first kappa shape index (κ1) is 21.4. The van der Waals surface area contributed by atoms with E-state index in [4.69, 9.17) is 30.5 Å². The molecule has 0 unspecified atom stereocenters. The molecule has 0 fully saturated rings. The second-order valence-corrected chi connectivity index (χ2v) is 6.29. The van der Waals surface area contributed by atoms with Crippen LogP contribution in [-0.2, 0) is 20.7 Å². The number of halogens is 1. The predicted molar refractivity (Wildman–Crippen MR) is 106 cm³/mol. The highest BCUT2D eigenvalue weighted by Crippen LogP contribution is 2.38. The number of hydrogen-bond acceptors (Lipinski definition) is 6. The average Bonchev–Trinajstić information content (AvgIpc) is 2.68. The summed E-state index contributed by atoms with van der Waals surface area (Å²) in [4.78, 5) is 24.0. The van der Waals surface area contributed by atoms with Gasteiger partial charge in [-0.2, -0.15) is 0 Å². The molecule has 0 heterocycles. The Morgan fingerprint density at radius 2 is 1.64 bits per heavy atom. The Labute approximate surface area is 168 Å². The molecule has 0 saturated heterocycles. The maximum atomic E-state index is 12.1. The van der Waals surface area contributed by atoms with Gasteiger partial charge in [0.25, 0.3) is 5.91 Å². The quantitative estimate of drug-likeness (QED) is 0.675. The maximum Gasteiger partial charge on any atom is 0.310 e.